The Labute approximate surface area is 158 Å². The van der Waals surface area contributed by atoms with Gasteiger partial charge in [-0.25, -0.2) is 4.79 Å². The van der Waals surface area contributed by atoms with E-state index in [2.05, 4.69) is 28.9 Å². The number of carbonyl (C=O) groups excluding carboxylic acids is 1. The molecule has 146 valence electrons. The summed E-state index contributed by atoms with van der Waals surface area (Å²) >= 11 is 0. The summed E-state index contributed by atoms with van der Waals surface area (Å²) in [6.45, 7) is 9.40. The quantitative estimate of drug-likeness (QED) is 0.771. The third-order valence-electron chi connectivity index (χ3n) is 5.04. The lowest BCUT2D eigenvalue weighted by molar-refractivity contribution is -0.133. The first-order chi connectivity index (χ1) is 13.0. The lowest BCUT2D eigenvalue weighted by Crippen LogP contribution is -2.48. The first-order valence-corrected chi connectivity index (χ1v) is 9.26. The Morgan fingerprint density at radius 2 is 1.96 bits per heavy atom. The molecule has 0 unspecified atom stereocenters. The molecule has 0 radical (unpaired) electrons. The van der Waals surface area contributed by atoms with Crippen molar-refractivity contribution in [2.75, 3.05) is 26.2 Å². The minimum absolute atomic E-state index is 0.00208. The highest BCUT2D eigenvalue weighted by molar-refractivity contribution is 5.85. The molecule has 0 atom stereocenters. The molecular formula is C18H26N6O3. The van der Waals surface area contributed by atoms with Crippen molar-refractivity contribution in [3.8, 4) is 0 Å². The average Bonchev–Trinajstić information content (AvgIpc) is 3.28. The van der Waals surface area contributed by atoms with Crippen molar-refractivity contribution in [2.45, 2.75) is 39.9 Å². The summed E-state index contributed by atoms with van der Waals surface area (Å²) in [4.78, 5) is 27.5. The van der Waals surface area contributed by atoms with Crippen LogP contribution < -0.4 is 0 Å². The summed E-state index contributed by atoms with van der Waals surface area (Å²) in [7, 11) is 0. The van der Waals surface area contributed by atoms with Crippen LogP contribution in [0.3, 0.4) is 0 Å². The summed E-state index contributed by atoms with van der Waals surface area (Å²) in [5, 5.41) is 17.2. The Morgan fingerprint density at radius 3 is 2.56 bits per heavy atom. The van der Waals surface area contributed by atoms with Crippen molar-refractivity contribution >= 4 is 11.9 Å². The number of hydrogen-bond donors (Lipinski definition) is 1. The Kier molecular flexibility index (Phi) is 5.90. The van der Waals surface area contributed by atoms with E-state index in [4.69, 9.17) is 5.11 Å². The van der Waals surface area contributed by atoms with Gasteiger partial charge in [-0.2, -0.15) is 10.2 Å². The van der Waals surface area contributed by atoms with Crippen molar-refractivity contribution in [1.82, 2.24) is 29.4 Å². The number of carbonyl (C=O) groups is 2. The third kappa shape index (κ3) is 4.54. The van der Waals surface area contributed by atoms with Gasteiger partial charge in [-0.3, -0.25) is 19.1 Å². The molecule has 9 heteroatoms. The molecular weight excluding hydrogens is 348 g/mol. The summed E-state index contributed by atoms with van der Waals surface area (Å²) in [5.41, 5.74) is 2.44. The van der Waals surface area contributed by atoms with Crippen molar-refractivity contribution in [1.29, 1.82) is 0 Å². The van der Waals surface area contributed by atoms with E-state index in [9.17, 15) is 9.59 Å². The number of carboxylic acids is 1. The fourth-order valence-electron chi connectivity index (χ4n) is 3.32. The molecule has 0 spiro atoms. The lowest BCUT2D eigenvalue weighted by atomic mass is 10.2. The highest BCUT2D eigenvalue weighted by Gasteiger charge is 2.22. The monoisotopic (exact) mass is 374 g/mol. The maximum atomic E-state index is 12.4. The van der Waals surface area contributed by atoms with Gasteiger partial charge in [-0.15, -0.1) is 0 Å². The van der Waals surface area contributed by atoms with Gasteiger partial charge in [0.25, 0.3) is 0 Å². The van der Waals surface area contributed by atoms with E-state index in [0.29, 0.717) is 26.1 Å². The number of piperazine rings is 1. The Hall–Kier alpha value is -2.68. The second-order valence-electron chi connectivity index (χ2n) is 6.75. The summed E-state index contributed by atoms with van der Waals surface area (Å²) < 4.78 is 3.51. The van der Waals surface area contributed by atoms with Crippen LogP contribution >= 0.6 is 0 Å². The molecule has 1 N–H and O–H groups in total. The number of aromatic carboxylic acids is 1. The van der Waals surface area contributed by atoms with Gasteiger partial charge in [0.1, 0.15) is 0 Å². The first kappa shape index (κ1) is 19.1. The number of carboxylic acid groups (broad SMARTS) is 1. The average molecular weight is 374 g/mol. The molecule has 9 nitrogen and oxygen atoms in total. The highest BCUT2D eigenvalue weighted by atomic mass is 16.4. The van der Waals surface area contributed by atoms with E-state index in [1.165, 1.54) is 22.0 Å². The highest BCUT2D eigenvalue weighted by Crippen LogP contribution is 2.13. The van der Waals surface area contributed by atoms with Gasteiger partial charge >= 0.3 is 5.97 Å². The molecule has 2 aromatic rings. The zero-order valence-corrected chi connectivity index (χ0v) is 15.8. The van der Waals surface area contributed by atoms with Gasteiger partial charge in [0, 0.05) is 69.7 Å². The molecule has 1 fully saturated rings. The third-order valence-corrected chi connectivity index (χ3v) is 5.04. The summed E-state index contributed by atoms with van der Waals surface area (Å²) in [6, 6.07) is 1.44. The van der Waals surface area contributed by atoms with Gasteiger partial charge < -0.3 is 10.0 Å². The number of rotatable bonds is 7. The molecule has 1 aliphatic rings. The minimum Gasteiger partial charge on any atom is -0.476 e. The minimum atomic E-state index is -1.06. The smallest absolute Gasteiger partial charge is 0.356 e. The molecule has 3 rings (SSSR count). The van der Waals surface area contributed by atoms with E-state index in [1.807, 2.05) is 15.8 Å². The Bertz CT molecular complexity index is 804. The van der Waals surface area contributed by atoms with Crippen LogP contribution in [0.25, 0.3) is 0 Å². The predicted molar refractivity (Wildman–Crippen MR) is 98.3 cm³/mol. The standard InChI is InChI=1S/C18H26N6O3/c1-3-24-14(2)15(12-19-24)13-21-8-10-22(11-9-21)17(25)5-7-23-6-4-16(20-23)18(26)27/h4,6,12H,3,5,7-11,13H2,1-2H3,(H,26,27). The van der Waals surface area contributed by atoms with E-state index in [0.717, 1.165) is 26.2 Å². The van der Waals surface area contributed by atoms with Gasteiger partial charge in [-0.1, -0.05) is 0 Å². The zero-order chi connectivity index (χ0) is 19.4. The SMILES string of the molecule is CCn1ncc(CN2CCN(C(=O)CCn3ccc(C(=O)O)n3)CC2)c1C. The zero-order valence-electron chi connectivity index (χ0n) is 15.8. The normalized spacial score (nSPS) is 15.3. The van der Waals surface area contributed by atoms with E-state index >= 15 is 0 Å². The number of nitrogens with zero attached hydrogens (tertiary/aromatic N) is 6. The van der Waals surface area contributed by atoms with E-state index in [-0.39, 0.29) is 11.6 Å². The second kappa shape index (κ2) is 8.34. The van der Waals surface area contributed by atoms with Gasteiger partial charge in [0.05, 0.1) is 6.20 Å². The second-order valence-corrected chi connectivity index (χ2v) is 6.75. The number of hydrogen-bond acceptors (Lipinski definition) is 5. The molecule has 2 aromatic heterocycles. The number of amides is 1. The summed E-state index contributed by atoms with van der Waals surface area (Å²) in [5.74, 6) is -0.979. The van der Waals surface area contributed by atoms with Crippen LogP contribution in [0.2, 0.25) is 0 Å². The van der Waals surface area contributed by atoms with Crippen LogP contribution in [-0.2, 0) is 24.4 Å². The largest absolute Gasteiger partial charge is 0.476 e. The predicted octanol–water partition coefficient (Wildman–Crippen LogP) is 0.841. The maximum Gasteiger partial charge on any atom is 0.356 e. The molecule has 27 heavy (non-hydrogen) atoms. The van der Waals surface area contributed by atoms with Gasteiger partial charge in [0.15, 0.2) is 5.69 Å². The molecule has 0 aromatic carbocycles. The number of aryl methyl sites for hydroxylation is 2. The van der Waals surface area contributed by atoms with Crippen molar-refractivity contribution in [3.05, 3.63) is 35.4 Å². The van der Waals surface area contributed by atoms with Crippen LogP contribution in [0.4, 0.5) is 0 Å². The Balaban J connectivity index is 1.44. The first-order valence-electron chi connectivity index (χ1n) is 9.26. The molecule has 0 saturated carbocycles. The molecule has 0 bridgehead atoms. The van der Waals surface area contributed by atoms with Crippen LogP contribution in [0.1, 0.15) is 35.1 Å². The molecule has 1 amide bonds. The van der Waals surface area contributed by atoms with Crippen molar-refractivity contribution in [2.24, 2.45) is 0 Å². The van der Waals surface area contributed by atoms with Crippen LogP contribution in [-0.4, -0.2) is 72.5 Å². The molecule has 0 aliphatic carbocycles. The molecule has 1 saturated heterocycles. The summed E-state index contributed by atoms with van der Waals surface area (Å²) in [6.07, 6.45) is 3.85. The van der Waals surface area contributed by atoms with Crippen molar-refractivity contribution < 1.29 is 14.7 Å². The van der Waals surface area contributed by atoms with Crippen LogP contribution in [0.5, 0.6) is 0 Å². The fourth-order valence-corrected chi connectivity index (χ4v) is 3.32. The van der Waals surface area contributed by atoms with E-state index < -0.39 is 5.97 Å². The lowest BCUT2D eigenvalue weighted by Gasteiger charge is -2.34. The van der Waals surface area contributed by atoms with Crippen LogP contribution in [0, 0.1) is 6.92 Å². The molecule has 3 heterocycles. The molecule has 1 aliphatic heterocycles. The topological polar surface area (TPSA) is 96.5 Å². The van der Waals surface area contributed by atoms with E-state index in [1.54, 1.807) is 6.20 Å². The van der Waals surface area contributed by atoms with Crippen molar-refractivity contribution in [3.63, 3.8) is 0 Å². The Morgan fingerprint density at radius 1 is 1.22 bits per heavy atom. The number of aromatic nitrogens is 4. The maximum absolute atomic E-state index is 12.4. The van der Waals surface area contributed by atoms with Gasteiger partial charge in [0.2, 0.25) is 5.91 Å². The fraction of sp³-hybridized carbons (Fsp3) is 0.556. The van der Waals surface area contributed by atoms with Gasteiger partial charge in [-0.05, 0) is 19.9 Å². The van der Waals surface area contributed by atoms with Crippen LogP contribution in [0.15, 0.2) is 18.5 Å².